The van der Waals surface area contributed by atoms with Crippen LogP contribution >= 0.6 is 11.6 Å². The Morgan fingerprint density at radius 1 is 1.15 bits per heavy atom. The van der Waals surface area contributed by atoms with Crippen molar-refractivity contribution < 1.29 is 4.39 Å². The van der Waals surface area contributed by atoms with Crippen molar-refractivity contribution in [1.29, 1.82) is 0 Å². The topological polar surface area (TPSA) is 12.0 Å². The van der Waals surface area contributed by atoms with Gasteiger partial charge in [0.2, 0.25) is 0 Å². The van der Waals surface area contributed by atoms with Gasteiger partial charge in [0.1, 0.15) is 5.82 Å². The molecule has 0 aliphatic heterocycles. The number of likely N-dealkylation sites (N-methyl/N-ethyl adjacent to an activating group) is 1. The molecule has 0 saturated carbocycles. The molecular formula is C17H19ClFN. The maximum absolute atomic E-state index is 13.4. The fourth-order valence-electron chi connectivity index (χ4n) is 2.36. The van der Waals surface area contributed by atoms with E-state index in [-0.39, 0.29) is 11.7 Å². The van der Waals surface area contributed by atoms with E-state index in [0.717, 1.165) is 18.5 Å². The highest BCUT2D eigenvalue weighted by atomic mass is 35.5. The van der Waals surface area contributed by atoms with E-state index < -0.39 is 0 Å². The molecule has 20 heavy (non-hydrogen) atoms. The van der Waals surface area contributed by atoms with Crippen molar-refractivity contribution in [3.8, 4) is 0 Å². The van der Waals surface area contributed by atoms with Gasteiger partial charge in [-0.05, 0) is 49.7 Å². The maximum Gasteiger partial charge on any atom is 0.123 e. The molecular weight excluding hydrogens is 273 g/mol. The van der Waals surface area contributed by atoms with Gasteiger partial charge in [-0.3, -0.25) is 0 Å². The van der Waals surface area contributed by atoms with Gasteiger partial charge in [0.25, 0.3) is 0 Å². The lowest BCUT2D eigenvalue weighted by molar-refractivity contribution is 0.608. The summed E-state index contributed by atoms with van der Waals surface area (Å²) in [7, 11) is 1.92. The van der Waals surface area contributed by atoms with Crippen molar-refractivity contribution in [2.24, 2.45) is 0 Å². The normalized spacial score (nSPS) is 12.4. The summed E-state index contributed by atoms with van der Waals surface area (Å²) in [4.78, 5) is 0. The quantitative estimate of drug-likeness (QED) is 0.864. The highest BCUT2D eigenvalue weighted by molar-refractivity contribution is 6.31. The first-order valence-corrected chi connectivity index (χ1v) is 7.13. The Labute approximate surface area is 124 Å². The van der Waals surface area contributed by atoms with Crippen molar-refractivity contribution in [2.45, 2.75) is 19.3 Å². The minimum Gasteiger partial charge on any atom is -0.319 e. The number of hydrogen-bond acceptors (Lipinski definition) is 1. The lowest BCUT2D eigenvalue weighted by atomic mass is 9.91. The molecule has 106 valence electrons. The maximum atomic E-state index is 13.4. The number of hydrogen-bond donors (Lipinski definition) is 1. The fourth-order valence-corrected chi connectivity index (χ4v) is 2.55. The van der Waals surface area contributed by atoms with Gasteiger partial charge in [0.15, 0.2) is 0 Å². The number of nitrogens with one attached hydrogen (secondary N) is 1. The molecule has 0 radical (unpaired) electrons. The molecule has 1 N–H and O–H groups in total. The van der Waals surface area contributed by atoms with Crippen LogP contribution in [0.3, 0.4) is 0 Å². The smallest absolute Gasteiger partial charge is 0.123 e. The van der Waals surface area contributed by atoms with E-state index >= 15 is 0 Å². The molecule has 1 nitrogen and oxygen atoms in total. The van der Waals surface area contributed by atoms with Crippen molar-refractivity contribution in [2.75, 3.05) is 13.6 Å². The van der Waals surface area contributed by atoms with E-state index in [2.05, 4.69) is 36.5 Å². The minimum absolute atomic E-state index is 0.239. The third-order valence-corrected chi connectivity index (χ3v) is 3.84. The Morgan fingerprint density at radius 2 is 1.85 bits per heavy atom. The highest BCUT2D eigenvalue weighted by Crippen LogP contribution is 2.26. The molecule has 0 aliphatic rings. The van der Waals surface area contributed by atoms with Gasteiger partial charge in [0, 0.05) is 17.5 Å². The molecule has 2 rings (SSSR count). The van der Waals surface area contributed by atoms with E-state index in [0.29, 0.717) is 5.02 Å². The number of halogens is 2. The van der Waals surface area contributed by atoms with Crippen LogP contribution in [0.4, 0.5) is 4.39 Å². The summed E-state index contributed by atoms with van der Waals surface area (Å²) in [6.07, 6.45) is 0.723. The molecule has 0 aromatic heterocycles. The van der Waals surface area contributed by atoms with Crippen LogP contribution in [-0.4, -0.2) is 13.6 Å². The lowest BCUT2D eigenvalue weighted by Gasteiger charge is -2.18. The van der Waals surface area contributed by atoms with Gasteiger partial charge in [-0.2, -0.15) is 0 Å². The second-order valence-electron chi connectivity index (χ2n) is 5.11. The molecule has 3 heteroatoms. The van der Waals surface area contributed by atoms with Crippen molar-refractivity contribution in [1.82, 2.24) is 5.32 Å². The molecule has 1 unspecified atom stereocenters. The summed E-state index contributed by atoms with van der Waals surface area (Å²) in [5.41, 5.74) is 3.33. The van der Waals surface area contributed by atoms with Crippen LogP contribution in [-0.2, 0) is 6.42 Å². The summed E-state index contributed by atoms with van der Waals surface area (Å²) in [5.74, 6) is 0.0383. The summed E-state index contributed by atoms with van der Waals surface area (Å²) < 4.78 is 13.4. The van der Waals surface area contributed by atoms with Gasteiger partial charge in [-0.15, -0.1) is 0 Å². The monoisotopic (exact) mass is 291 g/mol. The van der Waals surface area contributed by atoms with Gasteiger partial charge < -0.3 is 5.32 Å². The van der Waals surface area contributed by atoms with E-state index in [4.69, 9.17) is 11.6 Å². The predicted molar refractivity (Wildman–Crippen MR) is 83.0 cm³/mol. The molecule has 2 aromatic rings. The van der Waals surface area contributed by atoms with Gasteiger partial charge >= 0.3 is 0 Å². The first kappa shape index (κ1) is 15.0. The summed E-state index contributed by atoms with van der Waals surface area (Å²) in [6.45, 7) is 2.90. The van der Waals surface area contributed by atoms with Crippen LogP contribution in [0, 0.1) is 12.7 Å². The number of rotatable bonds is 5. The third-order valence-electron chi connectivity index (χ3n) is 3.47. The Kier molecular flexibility index (Phi) is 5.16. The Bertz CT molecular complexity index is 566. The SMILES string of the molecule is CNCC(Cc1cc(F)ccc1Cl)c1ccc(C)cc1. The molecule has 0 fully saturated rings. The third kappa shape index (κ3) is 3.81. The first-order valence-electron chi connectivity index (χ1n) is 6.75. The van der Waals surface area contributed by atoms with Gasteiger partial charge in [-0.25, -0.2) is 4.39 Å². The zero-order chi connectivity index (χ0) is 14.5. The van der Waals surface area contributed by atoms with E-state index in [1.807, 2.05) is 7.05 Å². The molecule has 0 amide bonds. The van der Waals surface area contributed by atoms with E-state index in [9.17, 15) is 4.39 Å². The predicted octanol–water partition coefficient (Wildman–Crippen LogP) is 4.33. The standard InChI is InChI=1S/C17H19ClFN/c1-12-3-5-13(6-4-12)15(11-20-2)9-14-10-16(19)7-8-17(14)18/h3-8,10,15,20H,9,11H2,1-2H3. The van der Waals surface area contributed by atoms with Crippen LogP contribution in [0.15, 0.2) is 42.5 Å². The summed E-state index contributed by atoms with van der Waals surface area (Å²) >= 11 is 6.17. The molecule has 1 atom stereocenters. The Balaban J connectivity index is 2.25. The molecule has 0 saturated heterocycles. The Morgan fingerprint density at radius 3 is 2.50 bits per heavy atom. The van der Waals surface area contributed by atoms with Crippen LogP contribution in [0.1, 0.15) is 22.6 Å². The highest BCUT2D eigenvalue weighted by Gasteiger charge is 2.14. The van der Waals surface area contributed by atoms with Gasteiger partial charge in [0.05, 0.1) is 0 Å². The second-order valence-corrected chi connectivity index (χ2v) is 5.51. The van der Waals surface area contributed by atoms with Gasteiger partial charge in [-0.1, -0.05) is 41.4 Å². The van der Waals surface area contributed by atoms with Crippen molar-refractivity contribution in [3.63, 3.8) is 0 Å². The van der Waals surface area contributed by atoms with Crippen LogP contribution < -0.4 is 5.32 Å². The van der Waals surface area contributed by atoms with E-state index in [1.165, 1.54) is 23.3 Å². The second kappa shape index (κ2) is 6.87. The molecule has 2 aromatic carbocycles. The van der Waals surface area contributed by atoms with E-state index in [1.54, 1.807) is 6.07 Å². The van der Waals surface area contributed by atoms with Crippen molar-refractivity contribution >= 4 is 11.6 Å². The summed E-state index contributed by atoms with van der Waals surface area (Å²) in [6, 6.07) is 13.0. The number of benzene rings is 2. The molecule has 0 spiro atoms. The number of aryl methyl sites for hydroxylation is 1. The average Bonchev–Trinajstić information content (AvgIpc) is 2.43. The van der Waals surface area contributed by atoms with Crippen LogP contribution in [0.2, 0.25) is 5.02 Å². The van der Waals surface area contributed by atoms with Crippen LogP contribution in [0.25, 0.3) is 0 Å². The lowest BCUT2D eigenvalue weighted by Crippen LogP contribution is -2.19. The molecule has 0 heterocycles. The average molecular weight is 292 g/mol. The summed E-state index contributed by atoms with van der Waals surface area (Å²) in [5, 5.41) is 3.82. The fraction of sp³-hybridized carbons (Fsp3) is 0.294. The first-order chi connectivity index (χ1) is 9.60. The minimum atomic E-state index is -0.239. The molecule has 0 aliphatic carbocycles. The zero-order valence-electron chi connectivity index (χ0n) is 11.8. The van der Waals surface area contributed by atoms with Crippen LogP contribution in [0.5, 0.6) is 0 Å². The largest absolute Gasteiger partial charge is 0.319 e. The zero-order valence-corrected chi connectivity index (χ0v) is 12.5. The Hall–Kier alpha value is -1.38. The molecule has 0 bridgehead atoms. The van der Waals surface area contributed by atoms with Crippen molar-refractivity contribution in [3.05, 3.63) is 70.0 Å².